The molecule has 2 aromatic rings. The maximum absolute atomic E-state index is 14.1. The lowest BCUT2D eigenvalue weighted by Crippen LogP contribution is -2.46. The zero-order chi connectivity index (χ0) is 25.8. The molecule has 3 amide bonds. The number of nitrogens with one attached hydrogen (secondary N) is 2. The van der Waals surface area contributed by atoms with Crippen molar-refractivity contribution in [2.45, 2.75) is 31.8 Å². The molecule has 6 atom stereocenters. The molecule has 2 aromatic carbocycles. The van der Waals surface area contributed by atoms with E-state index in [1.807, 2.05) is 49.4 Å². The number of allylic oxidation sites excluding steroid dienone is 1. The van der Waals surface area contributed by atoms with Crippen molar-refractivity contribution in [3.63, 3.8) is 0 Å². The second-order valence-electron chi connectivity index (χ2n) is 9.38. The highest BCUT2D eigenvalue weighted by atomic mass is 35.5. The first-order chi connectivity index (χ1) is 17.4. The molecule has 1 aliphatic heterocycles. The Balaban J connectivity index is 1.78. The molecule has 7 nitrogen and oxygen atoms in total. The second kappa shape index (κ2) is 11.3. The number of amides is 3. The zero-order valence-corrected chi connectivity index (χ0v) is 21.2. The molecule has 0 spiro atoms. The van der Waals surface area contributed by atoms with Crippen molar-refractivity contribution in [3.8, 4) is 0 Å². The molecule has 1 saturated heterocycles. The summed E-state index contributed by atoms with van der Waals surface area (Å²) in [6, 6.07) is 14.3. The van der Waals surface area contributed by atoms with Gasteiger partial charge in [-0.15, -0.1) is 0 Å². The lowest BCUT2D eigenvalue weighted by Gasteiger charge is -2.34. The molecule has 0 saturated carbocycles. The lowest BCUT2D eigenvalue weighted by molar-refractivity contribution is -0.143. The average Bonchev–Trinajstić information content (AvgIpc) is 3.18. The van der Waals surface area contributed by atoms with Crippen molar-refractivity contribution in [3.05, 3.63) is 77.3 Å². The van der Waals surface area contributed by atoms with Crippen molar-refractivity contribution >= 4 is 35.0 Å². The van der Waals surface area contributed by atoms with Crippen LogP contribution in [0, 0.1) is 23.7 Å². The Labute approximate surface area is 216 Å². The van der Waals surface area contributed by atoms with E-state index >= 15 is 0 Å². The molecule has 8 heteroatoms. The standard InChI is InChI=1S/C28H32ClN3O4/c1-3-7-18-10-15-21-24(23(18)26(34)30-2)28(36)32(22(16-33)17-8-5-4-6-9-17)25(21)27(35)31-20-13-11-19(29)12-14-20/h4-6,8-15,18,21-25,33H,3,7,16H2,1-2H3,(H,30,34)(H,31,35)/t18-,21+,22-,23-,24+,25+/m1/s1. The molecule has 190 valence electrons. The number of hydrogen-bond acceptors (Lipinski definition) is 4. The molecule has 4 rings (SSSR count). The number of likely N-dealkylation sites (tertiary alicyclic amines) is 1. The molecule has 36 heavy (non-hydrogen) atoms. The molecule has 1 fully saturated rings. The van der Waals surface area contributed by atoms with Crippen molar-refractivity contribution in [2.24, 2.45) is 23.7 Å². The molecule has 2 aliphatic rings. The highest BCUT2D eigenvalue weighted by Gasteiger charge is 2.58. The van der Waals surface area contributed by atoms with Gasteiger partial charge in [-0.1, -0.05) is 67.4 Å². The SMILES string of the molecule is CCC[C@@H]1C=C[C@H]2[C@H](C(=O)N([C@H](CO)c3ccccc3)[C@@H]2C(=O)Nc2ccc(Cl)cc2)[C@@H]1C(=O)NC. The summed E-state index contributed by atoms with van der Waals surface area (Å²) in [4.78, 5) is 42.4. The van der Waals surface area contributed by atoms with Crippen LogP contribution in [0.1, 0.15) is 31.4 Å². The van der Waals surface area contributed by atoms with Gasteiger partial charge in [0.25, 0.3) is 0 Å². The predicted octanol–water partition coefficient (Wildman–Crippen LogP) is 3.80. The van der Waals surface area contributed by atoms with Crippen LogP contribution in [0.2, 0.25) is 5.02 Å². The monoisotopic (exact) mass is 509 g/mol. The van der Waals surface area contributed by atoms with Gasteiger partial charge >= 0.3 is 0 Å². The first kappa shape index (κ1) is 25.9. The van der Waals surface area contributed by atoms with Crippen LogP contribution in [0.4, 0.5) is 5.69 Å². The van der Waals surface area contributed by atoms with E-state index in [1.165, 1.54) is 4.90 Å². The maximum Gasteiger partial charge on any atom is 0.247 e. The molecular formula is C28H32ClN3O4. The Morgan fingerprint density at radius 2 is 1.75 bits per heavy atom. The Morgan fingerprint density at radius 1 is 1.06 bits per heavy atom. The summed E-state index contributed by atoms with van der Waals surface area (Å²) in [5.41, 5.74) is 1.27. The number of hydrogen-bond donors (Lipinski definition) is 3. The van der Waals surface area contributed by atoms with Crippen LogP contribution in [0.3, 0.4) is 0 Å². The Kier molecular flexibility index (Phi) is 8.11. The molecular weight excluding hydrogens is 478 g/mol. The number of anilines is 1. The summed E-state index contributed by atoms with van der Waals surface area (Å²) in [7, 11) is 1.57. The smallest absolute Gasteiger partial charge is 0.247 e. The fourth-order valence-electron chi connectivity index (χ4n) is 5.69. The van der Waals surface area contributed by atoms with E-state index < -0.39 is 29.8 Å². The number of aliphatic hydroxyl groups is 1. The van der Waals surface area contributed by atoms with Crippen LogP contribution in [-0.4, -0.2) is 47.4 Å². The molecule has 0 aromatic heterocycles. The number of aliphatic hydroxyl groups excluding tert-OH is 1. The van der Waals surface area contributed by atoms with Crippen LogP contribution in [-0.2, 0) is 14.4 Å². The number of halogens is 1. The van der Waals surface area contributed by atoms with Gasteiger partial charge in [-0.2, -0.15) is 0 Å². The van der Waals surface area contributed by atoms with E-state index in [0.717, 1.165) is 18.4 Å². The zero-order valence-electron chi connectivity index (χ0n) is 20.4. The summed E-state index contributed by atoms with van der Waals surface area (Å²) in [5, 5.41) is 16.6. The number of rotatable bonds is 8. The van der Waals surface area contributed by atoms with E-state index in [9.17, 15) is 19.5 Å². The number of carbonyl (C=O) groups is 3. The fraction of sp³-hybridized carbons (Fsp3) is 0.393. The third kappa shape index (κ3) is 4.90. The Hall–Kier alpha value is -3.16. The molecule has 0 unspecified atom stereocenters. The van der Waals surface area contributed by atoms with Gasteiger partial charge < -0.3 is 20.6 Å². The topological polar surface area (TPSA) is 98.7 Å². The van der Waals surface area contributed by atoms with Crippen LogP contribution >= 0.6 is 11.6 Å². The van der Waals surface area contributed by atoms with Gasteiger partial charge in [0.05, 0.1) is 24.5 Å². The van der Waals surface area contributed by atoms with Gasteiger partial charge in [0, 0.05) is 23.7 Å². The third-order valence-corrected chi connectivity index (χ3v) is 7.54. The minimum absolute atomic E-state index is 0.107. The number of carbonyl (C=O) groups excluding carboxylic acids is 3. The van der Waals surface area contributed by atoms with Crippen molar-refractivity contribution in [2.75, 3.05) is 19.0 Å². The lowest BCUT2D eigenvalue weighted by atomic mass is 9.68. The summed E-state index contributed by atoms with van der Waals surface area (Å²) in [6.45, 7) is 1.69. The largest absolute Gasteiger partial charge is 0.394 e. The number of fused-ring (bicyclic) bond motifs is 1. The van der Waals surface area contributed by atoms with Gasteiger partial charge in [0.1, 0.15) is 6.04 Å². The summed E-state index contributed by atoms with van der Waals surface area (Å²) in [6.07, 6.45) is 5.53. The van der Waals surface area contributed by atoms with E-state index in [-0.39, 0.29) is 30.2 Å². The van der Waals surface area contributed by atoms with E-state index in [4.69, 9.17) is 11.6 Å². The first-order valence-corrected chi connectivity index (χ1v) is 12.7. The predicted molar refractivity (Wildman–Crippen MR) is 139 cm³/mol. The van der Waals surface area contributed by atoms with Gasteiger partial charge in [0.2, 0.25) is 17.7 Å². The van der Waals surface area contributed by atoms with Crippen molar-refractivity contribution in [1.82, 2.24) is 10.2 Å². The van der Waals surface area contributed by atoms with Gasteiger partial charge in [-0.25, -0.2) is 0 Å². The van der Waals surface area contributed by atoms with Crippen LogP contribution in [0.5, 0.6) is 0 Å². The number of nitrogens with zero attached hydrogens (tertiary/aromatic N) is 1. The number of benzene rings is 2. The summed E-state index contributed by atoms with van der Waals surface area (Å²) >= 11 is 6.00. The van der Waals surface area contributed by atoms with Crippen molar-refractivity contribution in [1.29, 1.82) is 0 Å². The third-order valence-electron chi connectivity index (χ3n) is 7.29. The van der Waals surface area contributed by atoms with E-state index in [2.05, 4.69) is 10.6 Å². The van der Waals surface area contributed by atoms with Gasteiger partial charge in [0.15, 0.2) is 0 Å². The second-order valence-corrected chi connectivity index (χ2v) is 9.81. The molecule has 1 aliphatic carbocycles. The normalized spacial score (nSPS) is 25.8. The highest BCUT2D eigenvalue weighted by Crippen LogP contribution is 2.47. The van der Waals surface area contributed by atoms with Crippen LogP contribution in [0.15, 0.2) is 66.7 Å². The first-order valence-electron chi connectivity index (χ1n) is 12.4. The summed E-state index contributed by atoms with van der Waals surface area (Å²) < 4.78 is 0. The highest BCUT2D eigenvalue weighted by molar-refractivity contribution is 6.30. The minimum atomic E-state index is -0.901. The summed E-state index contributed by atoms with van der Waals surface area (Å²) in [5.74, 6) is -2.80. The Bertz CT molecular complexity index is 1120. The molecule has 3 N–H and O–H groups in total. The van der Waals surface area contributed by atoms with E-state index in [0.29, 0.717) is 10.7 Å². The van der Waals surface area contributed by atoms with Crippen molar-refractivity contribution < 1.29 is 19.5 Å². The van der Waals surface area contributed by atoms with E-state index in [1.54, 1.807) is 31.3 Å². The van der Waals surface area contributed by atoms with Gasteiger partial charge in [-0.05, 0) is 42.2 Å². The Morgan fingerprint density at radius 3 is 2.36 bits per heavy atom. The van der Waals surface area contributed by atoms with Crippen LogP contribution < -0.4 is 10.6 Å². The molecule has 0 bridgehead atoms. The molecule has 0 radical (unpaired) electrons. The molecule has 1 heterocycles. The van der Waals surface area contributed by atoms with Gasteiger partial charge in [-0.3, -0.25) is 14.4 Å². The quantitative estimate of drug-likeness (QED) is 0.471. The minimum Gasteiger partial charge on any atom is -0.394 e. The average molecular weight is 510 g/mol. The maximum atomic E-state index is 14.1. The van der Waals surface area contributed by atoms with Crippen LogP contribution in [0.25, 0.3) is 0 Å². The fourth-order valence-corrected chi connectivity index (χ4v) is 5.82.